The molecule has 1 aliphatic heterocycles. The van der Waals surface area contributed by atoms with Crippen molar-refractivity contribution in [2.75, 3.05) is 20.8 Å². The van der Waals surface area contributed by atoms with Crippen molar-refractivity contribution in [1.82, 2.24) is 15.8 Å². The second-order valence-corrected chi connectivity index (χ2v) is 23.4. The van der Waals surface area contributed by atoms with Gasteiger partial charge in [0.15, 0.2) is 0 Å². The minimum Gasteiger partial charge on any atom is -0.543 e. The number of halogens is 1. The maximum absolute atomic E-state index is 14.5. The predicted molar refractivity (Wildman–Crippen MR) is 239 cm³/mol. The first-order valence-corrected chi connectivity index (χ1v) is 24.5. The number of esters is 1. The molecule has 1 saturated heterocycles. The molecule has 1 heterocycles. The van der Waals surface area contributed by atoms with Crippen LogP contribution in [0, 0.1) is 27.2 Å². The van der Waals surface area contributed by atoms with Gasteiger partial charge in [-0.05, 0) is 102 Å². The molecule has 3 rings (SSSR count). The SMILES string of the molecule is C/C=C/[C@H](OC)[C@H](C)[C@@H](OC)[C@@H](C)C(=O)C[C@H](C(=O)N[C@@H](Cc1cccc(O[Si](C)(C)C(C)(C)C)c1)C(=O)N1CCC[C@@H](C(=O)OCc2cccc(I)c2)N1)C(C)C. The largest absolute Gasteiger partial charge is 0.543 e. The third-order valence-corrected chi connectivity index (χ3v) is 16.7. The van der Waals surface area contributed by atoms with Gasteiger partial charge in [0.2, 0.25) is 14.2 Å². The normalized spacial score (nSPS) is 18.2. The number of ether oxygens (including phenoxy) is 3. The summed E-state index contributed by atoms with van der Waals surface area (Å²) in [7, 11) is 1.05. The molecule has 2 aromatic carbocycles. The Labute approximate surface area is 362 Å². The van der Waals surface area contributed by atoms with Gasteiger partial charge in [0.1, 0.15) is 30.2 Å². The van der Waals surface area contributed by atoms with Crippen molar-refractivity contribution in [1.29, 1.82) is 0 Å². The van der Waals surface area contributed by atoms with E-state index in [0.717, 1.165) is 14.7 Å². The van der Waals surface area contributed by atoms with Crippen molar-refractivity contribution in [3.63, 3.8) is 0 Å². The number of Topliss-reactive ketones (excluding diaryl/α,β-unsaturated/α-hetero) is 1. The molecule has 0 aliphatic carbocycles. The Morgan fingerprint density at radius 2 is 1.67 bits per heavy atom. The number of nitrogens with zero attached hydrogens (tertiary/aromatic N) is 1. The lowest BCUT2D eigenvalue weighted by Gasteiger charge is -2.37. The zero-order valence-corrected chi connectivity index (χ0v) is 39.9. The van der Waals surface area contributed by atoms with Crippen LogP contribution in [0.1, 0.15) is 85.8 Å². The van der Waals surface area contributed by atoms with Crippen LogP contribution in [0.3, 0.4) is 0 Å². The summed E-state index contributed by atoms with van der Waals surface area (Å²) in [4.78, 5) is 56.0. The molecule has 0 radical (unpaired) electrons. The lowest BCUT2D eigenvalue weighted by atomic mass is 9.81. The number of carbonyl (C=O) groups is 4. The number of hydrazine groups is 1. The van der Waals surface area contributed by atoms with E-state index in [1.165, 1.54) is 5.01 Å². The van der Waals surface area contributed by atoms with E-state index >= 15 is 0 Å². The van der Waals surface area contributed by atoms with Gasteiger partial charge in [-0.25, -0.2) is 5.43 Å². The first kappa shape index (κ1) is 49.3. The molecular formula is C45H68IN3O8Si. The second-order valence-electron chi connectivity index (χ2n) is 17.4. The van der Waals surface area contributed by atoms with Crippen LogP contribution in [0.5, 0.6) is 5.75 Å². The standard InChI is InChI=1S/C45H68IN3O8Si/c1-13-17-40(54-9)31(5)41(55-10)30(4)39(50)27-36(29(2)3)42(51)47-38(26-32-18-15-21-35(25-32)57-58(11,12)45(6,7)8)43(52)49-23-16-22-37(48-49)44(53)56-28-33-19-14-20-34(46)24-33/h13-15,17-21,24-25,29-31,36-38,40-41,48H,16,22-23,26-28H2,1-12H3,(H,47,51)/b17-13+/t30-,31-,36-,37-,38-,40-,41-/m0/s1. The molecule has 0 aromatic heterocycles. The number of hydrogen-bond acceptors (Lipinski definition) is 9. The molecule has 11 nitrogen and oxygen atoms in total. The topological polar surface area (TPSA) is 132 Å². The molecule has 322 valence electrons. The van der Waals surface area contributed by atoms with E-state index < -0.39 is 50.2 Å². The highest BCUT2D eigenvalue weighted by atomic mass is 127. The van der Waals surface area contributed by atoms with Crippen molar-refractivity contribution in [2.24, 2.45) is 23.7 Å². The van der Waals surface area contributed by atoms with Gasteiger partial charge in [0, 0.05) is 54.9 Å². The molecule has 0 bridgehead atoms. The molecule has 2 aromatic rings. The van der Waals surface area contributed by atoms with Gasteiger partial charge < -0.3 is 24.0 Å². The first-order valence-electron chi connectivity index (χ1n) is 20.5. The van der Waals surface area contributed by atoms with Gasteiger partial charge in [0.25, 0.3) is 5.91 Å². The van der Waals surface area contributed by atoms with Crippen molar-refractivity contribution in [3.05, 3.63) is 75.4 Å². The second kappa shape index (κ2) is 22.5. The molecule has 2 N–H and O–H groups in total. The van der Waals surface area contributed by atoms with Gasteiger partial charge in [-0.2, -0.15) is 0 Å². The van der Waals surface area contributed by atoms with Crippen LogP contribution in [0.4, 0.5) is 0 Å². The van der Waals surface area contributed by atoms with E-state index in [2.05, 4.69) is 67.2 Å². The fourth-order valence-corrected chi connectivity index (χ4v) is 8.65. The van der Waals surface area contributed by atoms with E-state index in [0.29, 0.717) is 25.1 Å². The number of amides is 2. The number of methoxy groups -OCH3 is 2. The Balaban J connectivity index is 1.88. The Hall–Kier alpha value is -3.11. The molecular weight excluding hydrogens is 865 g/mol. The van der Waals surface area contributed by atoms with Crippen LogP contribution in [0.15, 0.2) is 60.7 Å². The summed E-state index contributed by atoms with van der Waals surface area (Å²) >= 11 is 2.22. The number of ketones is 1. The molecule has 0 saturated carbocycles. The third-order valence-electron chi connectivity index (χ3n) is 11.7. The van der Waals surface area contributed by atoms with Crippen LogP contribution in [-0.2, 0) is 46.4 Å². The lowest BCUT2D eigenvalue weighted by molar-refractivity contribution is -0.154. The molecule has 0 unspecified atom stereocenters. The molecule has 58 heavy (non-hydrogen) atoms. The molecule has 7 atom stereocenters. The van der Waals surface area contributed by atoms with Crippen molar-refractivity contribution in [3.8, 4) is 5.75 Å². The predicted octanol–water partition coefficient (Wildman–Crippen LogP) is 8.05. The maximum Gasteiger partial charge on any atom is 0.325 e. The van der Waals surface area contributed by atoms with Crippen LogP contribution in [-0.4, -0.2) is 81.9 Å². The summed E-state index contributed by atoms with van der Waals surface area (Å²) in [6.07, 6.45) is 4.37. The van der Waals surface area contributed by atoms with Gasteiger partial charge in [0.05, 0.1) is 12.2 Å². The van der Waals surface area contributed by atoms with E-state index in [1.54, 1.807) is 14.2 Å². The summed E-state index contributed by atoms with van der Waals surface area (Å²) < 4.78 is 24.8. The molecule has 13 heteroatoms. The number of rotatable bonds is 20. The Morgan fingerprint density at radius 3 is 2.28 bits per heavy atom. The zero-order chi connectivity index (χ0) is 43.4. The van der Waals surface area contributed by atoms with Crippen LogP contribution in [0.2, 0.25) is 18.1 Å². The van der Waals surface area contributed by atoms with E-state index in [4.69, 9.17) is 18.6 Å². The first-order chi connectivity index (χ1) is 27.2. The molecule has 1 aliphatic rings. The number of allylic oxidation sites excluding steroid dienone is 1. The smallest absolute Gasteiger partial charge is 0.325 e. The fraction of sp³-hybridized carbons (Fsp3) is 0.600. The highest BCUT2D eigenvalue weighted by Gasteiger charge is 2.40. The van der Waals surface area contributed by atoms with E-state index in [1.807, 2.05) is 95.3 Å². The Kier molecular flexibility index (Phi) is 19.1. The van der Waals surface area contributed by atoms with Crippen LogP contribution < -0.4 is 15.2 Å². The van der Waals surface area contributed by atoms with E-state index in [9.17, 15) is 19.2 Å². The summed E-state index contributed by atoms with van der Waals surface area (Å²) in [5.41, 5.74) is 4.78. The minimum atomic E-state index is -2.17. The monoisotopic (exact) mass is 933 g/mol. The highest BCUT2D eigenvalue weighted by Crippen LogP contribution is 2.37. The number of benzene rings is 2. The van der Waals surface area contributed by atoms with Gasteiger partial charge >= 0.3 is 5.97 Å². The van der Waals surface area contributed by atoms with Gasteiger partial charge in [-0.3, -0.25) is 24.2 Å². The van der Waals surface area contributed by atoms with Crippen LogP contribution >= 0.6 is 22.6 Å². The number of carbonyl (C=O) groups excluding carboxylic acids is 4. The lowest BCUT2D eigenvalue weighted by Crippen LogP contribution is -2.60. The highest BCUT2D eigenvalue weighted by molar-refractivity contribution is 14.1. The Morgan fingerprint density at radius 1 is 1.00 bits per heavy atom. The molecule has 2 amide bonds. The van der Waals surface area contributed by atoms with Crippen molar-refractivity contribution >= 4 is 54.5 Å². The number of nitrogens with one attached hydrogen (secondary N) is 2. The van der Waals surface area contributed by atoms with Gasteiger partial charge in [-0.1, -0.05) is 84.9 Å². The molecule has 0 spiro atoms. The summed E-state index contributed by atoms with van der Waals surface area (Å²) in [5, 5.41) is 4.47. The zero-order valence-electron chi connectivity index (χ0n) is 36.7. The summed E-state index contributed by atoms with van der Waals surface area (Å²) in [5.74, 6) is -2.19. The maximum atomic E-state index is 14.5. The van der Waals surface area contributed by atoms with Crippen molar-refractivity contribution in [2.45, 2.75) is 130 Å². The average Bonchev–Trinajstić information content (AvgIpc) is 3.17. The van der Waals surface area contributed by atoms with E-state index in [-0.39, 0.29) is 54.1 Å². The summed E-state index contributed by atoms with van der Waals surface area (Å²) in [6.45, 7) is 20.9. The fourth-order valence-electron chi connectivity index (χ4n) is 7.02. The number of hydrogen-bond donors (Lipinski definition) is 2. The minimum absolute atomic E-state index is 0.0209. The molecule has 1 fully saturated rings. The van der Waals surface area contributed by atoms with Gasteiger partial charge in [-0.15, -0.1) is 0 Å². The third kappa shape index (κ3) is 14.0. The Bertz CT molecular complexity index is 1710. The van der Waals surface area contributed by atoms with Crippen LogP contribution in [0.25, 0.3) is 0 Å². The summed E-state index contributed by atoms with van der Waals surface area (Å²) in [6, 6.07) is 13.6. The quantitative estimate of drug-likeness (QED) is 0.0586. The average molecular weight is 934 g/mol. The van der Waals surface area contributed by atoms with Crippen molar-refractivity contribution < 1.29 is 37.8 Å².